The Bertz CT molecular complexity index is 546. The van der Waals surface area contributed by atoms with E-state index >= 15 is 0 Å². The van der Waals surface area contributed by atoms with Crippen molar-refractivity contribution >= 4 is 23.5 Å². The van der Waals surface area contributed by atoms with E-state index in [0.29, 0.717) is 5.69 Å². The summed E-state index contributed by atoms with van der Waals surface area (Å²) in [5, 5.41) is 2.67. The number of hydrazine groups is 1. The first kappa shape index (κ1) is 15.0. The van der Waals surface area contributed by atoms with E-state index in [1.54, 1.807) is 31.2 Å². The second-order valence-corrected chi connectivity index (χ2v) is 4.69. The number of anilines is 1. The first-order valence-corrected chi connectivity index (χ1v) is 6.63. The Labute approximate surface area is 121 Å². The predicted octanol–water partition coefficient (Wildman–Crippen LogP) is 0.0403. The van der Waals surface area contributed by atoms with Crippen LogP contribution >= 0.6 is 0 Å². The van der Waals surface area contributed by atoms with Crippen LogP contribution in [0.4, 0.5) is 5.69 Å². The molecule has 1 aliphatic rings. The first-order chi connectivity index (χ1) is 10.1. The quantitative estimate of drug-likeness (QED) is 0.307. The molecule has 1 fully saturated rings. The number of carbonyl (C=O) groups is 3. The van der Waals surface area contributed by atoms with Crippen LogP contribution in [-0.2, 0) is 19.1 Å². The number of para-hydroxylation sites is 1. The van der Waals surface area contributed by atoms with Crippen molar-refractivity contribution in [3.63, 3.8) is 0 Å². The molecular formula is C14H17N3O4. The number of nitrogens with two attached hydrogens (primary N) is 1. The molecule has 1 aromatic carbocycles. The molecule has 0 spiro atoms. The van der Waals surface area contributed by atoms with Crippen LogP contribution in [0, 0.1) is 17.8 Å². The lowest BCUT2D eigenvalue weighted by Gasteiger charge is -2.04. The summed E-state index contributed by atoms with van der Waals surface area (Å²) in [6.45, 7) is 1.86. The Morgan fingerprint density at radius 2 is 1.71 bits per heavy atom. The van der Waals surface area contributed by atoms with Gasteiger partial charge in [-0.3, -0.25) is 19.8 Å². The van der Waals surface area contributed by atoms with Crippen LogP contribution in [0.25, 0.3) is 0 Å². The smallest absolute Gasteiger partial charge is 0.310 e. The van der Waals surface area contributed by atoms with Crippen LogP contribution in [-0.4, -0.2) is 24.4 Å². The Morgan fingerprint density at radius 3 is 2.29 bits per heavy atom. The summed E-state index contributed by atoms with van der Waals surface area (Å²) in [5.41, 5.74) is 2.58. The third-order valence-corrected chi connectivity index (χ3v) is 3.37. The van der Waals surface area contributed by atoms with Crippen molar-refractivity contribution in [2.75, 3.05) is 11.9 Å². The van der Waals surface area contributed by atoms with Crippen molar-refractivity contribution in [1.29, 1.82) is 0 Å². The molecule has 1 aliphatic carbocycles. The maximum absolute atomic E-state index is 12.2. The van der Waals surface area contributed by atoms with Gasteiger partial charge in [0.15, 0.2) is 0 Å². The van der Waals surface area contributed by atoms with E-state index in [4.69, 9.17) is 10.6 Å². The predicted molar refractivity (Wildman–Crippen MR) is 74.5 cm³/mol. The molecule has 112 valence electrons. The standard InChI is InChI=1S/C14H17N3O4/c1-2-21-14(20)11-9(10(11)13(19)17-15)12(18)16-8-6-4-3-5-7-8/h3-7,9-11H,2,15H2,1H3,(H,16,18)(H,17,19)/t9-,10+,11+/m0/s1. The SMILES string of the molecule is CCOC(=O)[C@H]1[C@H](C(=O)NN)[C@@H]1C(=O)Nc1ccccc1. The number of rotatable bonds is 5. The lowest BCUT2D eigenvalue weighted by molar-refractivity contribution is -0.146. The molecule has 21 heavy (non-hydrogen) atoms. The maximum Gasteiger partial charge on any atom is 0.310 e. The van der Waals surface area contributed by atoms with Gasteiger partial charge in [-0.1, -0.05) is 18.2 Å². The summed E-state index contributed by atoms with van der Waals surface area (Å²) in [5.74, 6) is 1.27. The molecule has 7 nitrogen and oxygen atoms in total. The highest BCUT2D eigenvalue weighted by atomic mass is 16.5. The third kappa shape index (κ3) is 3.19. The Hall–Kier alpha value is -2.41. The minimum Gasteiger partial charge on any atom is -0.466 e. The zero-order chi connectivity index (χ0) is 15.4. The number of nitrogens with one attached hydrogen (secondary N) is 2. The molecule has 0 heterocycles. The molecule has 1 aromatic rings. The zero-order valence-electron chi connectivity index (χ0n) is 11.5. The lowest BCUT2D eigenvalue weighted by Crippen LogP contribution is -2.33. The van der Waals surface area contributed by atoms with E-state index in [-0.39, 0.29) is 6.61 Å². The third-order valence-electron chi connectivity index (χ3n) is 3.37. The van der Waals surface area contributed by atoms with Crippen LogP contribution in [0.1, 0.15) is 6.92 Å². The summed E-state index contributed by atoms with van der Waals surface area (Å²) >= 11 is 0. The number of amides is 2. The number of carbonyl (C=O) groups excluding carboxylic acids is 3. The van der Waals surface area contributed by atoms with Crippen molar-refractivity contribution in [3.8, 4) is 0 Å². The van der Waals surface area contributed by atoms with E-state index in [1.807, 2.05) is 11.5 Å². The van der Waals surface area contributed by atoms with Gasteiger partial charge in [0.25, 0.3) is 0 Å². The normalized spacial score (nSPS) is 23.0. The molecule has 7 heteroatoms. The van der Waals surface area contributed by atoms with Crippen molar-refractivity contribution in [2.24, 2.45) is 23.6 Å². The first-order valence-electron chi connectivity index (χ1n) is 6.63. The fraction of sp³-hybridized carbons (Fsp3) is 0.357. The topological polar surface area (TPSA) is 111 Å². The molecule has 4 N–H and O–H groups in total. The van der Waals surface area contributed by atoms with E-state index in [0.717, 1.165) is 0 Å². The average molecular weight is 291 g/mol. The monoisotopic (exact) mass is 291 g/mol. The van der Waals surface area contributed by atoms with Gasteiger partial charge in [-0.2, -0.15) is 0 Å². The van der Waals surface area contributed by atoms with Gasteiger partial charge in [0.1, 0.15) is 0 Å². The highest BCUT2D eigenvalue weighted by Gasteiger charge is 2.63. The Kier molecular flexibility index (Phi) is 4.54. The molecule has 0 saturated heterocycles. The van der Waals surface area contributed by atoms with Gasteiger partial charge in [0, 0.05) is 5.69 Å². The van der Waals surface area contributed by atoms with Gasteiger partial charge >= 0.3 is 5.97 Å². The van der Waals surface area contributed by atoms with Gasteiger partial charge in [0.2, 0.25) is 11.8 Å². The lowest BCUT2D eigenvalue weighted by atomic mass is 10.2. The van der Waals surface area contributed by atoms with E-state index in [9.17, 15) is 14.4 Å². The summed E-state index contributed by atoms with van der Waals surface area (Å²) in [6.07, 6.45) is 0. The molecule has 0 unspecified atom stereocenters. The number of hydrogen-bond donors (Lipinski definition) is 3. The van der Waals surface area contributed by atoms with Crippen LogP contribution in [0.2, 0.25) is 0 Å². The van der Waals surface area contributed by atoms with E-state index in [1.165, 1.54) is 0 Å². The average Bonchev–Trinajstić information content (AvgIpc) is 3.23. The number of ether oxygens (including phenoxy) is 1. The van der Waals surface area contributed by atoms with Crippen LogP contribution in [0.15, 0.2) is 30.3 Å². The van der Waals surface area contributed by atoms with Crippen LogP contribution in [0.3, 0.4) is 0 Å². The minimum atomic E-state index is -0.780. The maximum atomic E-state index is 12.2. The zero-order valence-corrected chi connectivity index (χ0v) is 11.5. The molecule has 1 saturated carbocycles. The van der Waals surface area contributed by atoms with Gasteiger partial charge < -0.3 is 10.1 Å². The highest BCUT2D eigenvalue weighted by Crippen LogP contribution is 2.48. The highest BCUT2D eigenvalue weighted by molar-refractivity contribution is 6.05. The van der Waals surface area contributed by atoms with Crippen molar-refractivity contribution < 1.29 is 19.1 Å². The molecule has 0 aliphatic heterocycles. The van der Waals surface area contributed by atoms with Crippen molar-refractivity contribution in [3.05, 3.63) is 30.3 Å². The van der Waals surface area contributed by atoms with Crippen molar-refractivity contribution in [1.82, 2.24) is 5.43 Å². The molecule has 2 rings (SSSR count). The Balaban J connectivity index is 2.07. The fourth-order valence-corrected chi connectivity index (χ4v) is 2.34. The molecule has 0 bridgehead atoms. The molecule has 0 radical (unpaired) electrons. The second kappa shape index (κ2) is 6.36. The largest absolute Gasteiger partial charge is 0.466 e. The van der Waals surface area contributed by atoms with Gasteiger partial charge in [0.05, 0.1) is 24.4 Å². The van der Waals surface area contributed by atoms with Gasteiger partial charge in [-0.25, -0.2) is 5.84 Å². The fourth-order valence-electron chi connectivity index (χ4n) is 2.34. The van der Waals surface area contributed by atoms with E-state index in [2.05, 4.69) is 5.32 Å². The van der Waals surface area contributed by atoms with Gasteiger partial charge in [-0.05, 0) is 19.1 Å². The molecule has 3 atom stereocenters. The second-order valence-electron chi connectivity index (χ2n) is 4.69. The van der Waals surface area contributed by atoms with Crippen LogP contribution in [0.5, 0.6) is 0 Å². The van der Waals surface area contributed by atoms with Crippen molar-refractivity contribution in [2.45, 2.75) is 6.92 Å². The molecule has 0 aromatic heterocycles. The minimum absolute atomic E-state index is 0.194. The van der Waals surface area contributed by atoms with E-state index < -0.39 is 35.5 Å². The molecule has 2 amide bonds. The summed E-state index contributed by atoms with van der Waals surface area (Å²) in [6, 6.07) is 8.80. The number of hydrogen-bond acceptors (Lipinski definition) is 5. The summed E-state index contributed by atoms with van der Waals surface area (Å²) < 4.78 is 4.88. The molecular weight excluding hydrogens is 274 g/mol. The summed E-state index contributed by atoms with van der Waals surface area (Å²) in [4.78, 5) is 35.6. The van der Waals surface area contributed by atoms with Crippen LogP contribution < -0.4 is 16.6 Å². The number of esters is 1. The Morgan fingerprint density at radius 1 is 1.10 bits per heavy atom. The number of benzene rings is 1. The van der Waals surface area contributed by atoms with Gasteiger partial charge in [-0.15, -0.1) is 0 Å². The summed E-state index contributed by atoms with van der Waals surface area (Å²) in [7, 11) is 0.